The Morgan fingerprint density at radius 3 is 2.67 bits per heavy atom. The SMILES string of the molecule is CCCCCCN=CCCC(=O)c1ccccc1. The first-order chi connectivity index (χ1) is 8.84. The molecule has 1 aromatic rings. The van der Waals surface area contributed by atoms with Crippen molar-refractivity contribution in [2.75, 3.05) is 6.54 Å². The molecule has 0 atom stereocenters. The molecule has 18 heavy (non-hydrogen) atoms. The molecule has 2 heteroatoms. The van der Waals surface area contributed by atoms with Crippen molar-refractivity contribution in [1.82, 2.24) is 0 Å². The lowest BCUT2D eigenvalue weighted by Gasteiger charge is -1.98. The van der Waals surface area contributed by atoms with Gasteiger partial charge in [-0.25, -0.2) is 0 Å². The van der Waals surface area contributed by atoms with E-state index in [-0.39, 0.29) is 5.78 Å². The van der Waals surface area contributed by atoms with Gasteiger partial charge < -0.3 is 0 Å². The highest BCUT2D eigenvalue weighted by atomic mass is 16.1. The number of carbonyl (C=O) groups is 1. The van der Waals surface area contributed by atoms with Crippen molar-refractivity contribution in [1.29, 1.82) is 0 Å². The molecule has 1 rings (SSSR count). The standard InChI is InChI=1S/C16H23NO/c1-2-3-4-8-13-17-14-9-12-16(18)15-10-6-5-7-11-15/h5-7,10-11,14H,2-4,8-9,12-13H2,1H3. The molecule has 0 fully saturated rings. The molecule has 0 saturated heterocycles. The molecule has 0 saturated carbocycles. The molecular weight excluding hydrogens is 222 g/mol. The van der Waals surface area contributed by atoms with E-state index in [1.165, 1.54) is 19.3 Å². The van der Waals surface area contributed by atoms with Gasteiger partial charge in [0.15, 0.2) is 5.78 Å². The predicted molar refractivity (Wildman–Crippen MR) is 77.5 cm³/mol. The molecule has 0 aliphatic heterocycles. The van der Waals surface area contributed by atoms with Crippen LogP contribution in [0.2, 0.25) is 0 Å². The fourth-order valence-electron chi connectivity index (χ4n) is 1.78. The second kappa shape index (κ2) is 9.58. The zero-order chi connectivity index (χ0) is 13.1. The van der Waals surface area contributed by atoms with Crippen LogP contribution in [0.15, 0.2) is 35.3 Å². The largest absolute Gasteiger partial charge is 0.298 e. The summed E-state index contributed by atoms with van der Waals surface area (Å²) in [6.45, 7) is 3.11. The third-order valence-electron chi connectivity index (χ3n) is 2.87. The lowest BCUT2D eigenvalue weighted by Crippen LogP contribution is -1.98. The Balaban J connectivity index is 2.10. The van der Waals surface area contributed by atoms with Crippen molar-refractivity contribution in [3.63, 3.8) is 0 Å². The molecule has 0 N–H and O–H groups in total. The van der Waals surface area contributed by atoms with E-state index in [0.717, 1.165) is 24.9 Å². The molecular formula is C16H23NO. The molecule has 0 amide bonds. The quantitative estimate of drug-likeness (QED) is 0.362. The Morgan fingerprint density at radius 2 is 1.94 bits per heavy atom. The number of nitrogens with zero attached hydrogens (tertiary/aromatic N) is 1. The highest BCUT2D eigenvalue weighted by Crippen LogP contribution is 2.04. The lowest BCUT2D eigenvalue weighted by molar-refractivity contribution is 0.0985. The van der Waals surface area contributed by atoms with Gasteiger partial charge in [-0.2, -0.15) is 0 Å². The number of hydrogen-bond acceptors (Lipinski definition) is 2. The molecule has 1 aromatic carbocycles. The van der Waals surface area contributed by atoms with Gasteiger partial charge in [-0.05, 0) is 19.1 Å². The summed E-state index contributed by atoms with van der Waals surface area (Å²) in [7, 11) is 0. The van der Waals surface area contributed by atoms with Crippen LogP contribution in [0.3, 0.4) is 0 Å². The summed E-state index contributed by atoms with van der Waals surface area (Å²) >= 11 is 0. The number of aliphatic imine (C=N–C) groups is 1. The predicted octanol–water partition coefficient (Wildman–Crippen LogP) is 4.30. The van der Waals surface area contributed by atoms with Gasteiger partial charge >= 0.3 is 0 Å². The zero-order valence-corrected chi connectivity index (χ0v) is 11.3. The summed E-state index contributed by atoms with van der Waals surface area (Å²) < 4.78 is 0. The molecule has 0 spiro atoms. The minimum atomic E-state index is 0.202. The highest BCUT2D eigenvalue weighted by molar-refractivity contribution is 5.96. The van der Waals surface area contributed by atoms with Crippen LogP contribution >= 0.6 is 0 Å². The molecule has 0 heterocycles. The number of benzene rings is 1. The maximum Gasteiger partial charge on any atom is 0.163 e. The Kier molecular flexibility index (Phi) is 7.78. The number of carbonyl (C=O) groups excluding carboxylic acids is 1. The van der Waals surface area contributed by atoms with E-state index in [0.29, 0.717) is 6.42 Å². The molecule has 0 radical (unpaired) electrons. The van der Waals surface area contributed by atoms with E-state index in [4.69, 9.17) is 0 Å². The fourth-order valence-corrected chi connectivity index (χ4v) is 1.78. The topological polar surface area (TPSA) is 29.4 Å². The van der Waals surface area contributed by atoms with Gasteiger partial charge in [-0.3, -0.25) is 9.79 Å². The summed E-state index contributed by atoms with van der Waals surface area (Å²) in [5.41, 5.74) is 0.800. The van der Waals surface area contributed by atoms with E-state index < -0.39 is 0 Å². The highest BCUT2D eigenvalue weighted by Gasteiger charge is 2.02. The molecule has 2 nitrogen and oxygen atoms in total. The van der Waals surface area contributed by atoms with Gasteiger partial charge in [0.2, 0.25) is 0 Å². The van der Waals surface area contributed by atoms with Crippen LogP contribution in [0.1, 0.15) is 55.8 Å². The van der Waals surface area contributed by atoms with E-state index in [1.807, 2.05) is 36.5 Å². The number of ketones is 1. The first-order valence-electron chi connectivity index (χ1n) is 6.91. The normalized spacial score (nSPS) is 10.9. The molecule has 0 aromatic heterocycles. The second-order valence-electron chi connectivity index (χ2n) is 4.48. The van der Waals surface area contributed by atoms with E-state index >= 15 is 0 Å². The zero-order valence-electron chi connectivity index (χ0n) is 11.3. The summed E-state index contributed by atoms with van der Waals surface area (Å²) in [4.78, 5) is 16.1. The minimum Gasteiger partial charge on any atom is -0.298 e. The minimum absolute atomic E-state index is 0.202. The molecule has 98 valence electrons. The number of hydrogen-bond donors (Lipinski definition) is 0. The van der Waals surface area contributed by atoms with Crippen molar-refractivity contribution in [3.8, 4) is 0 Å². The Hall–Kier alpha value is -1.44. The first kappa shape index (κ1) is 14.6. The van der Waals surface area contributed by atoms with E-state index in [1.54, 1.807) is 0 Å². The Morgan fingerprint density at radius 1 is 1.17 bits per heavy atom. The van der Waals surface area contributed by atoms with Crippen molar-refractivity contribution in [2.24, 2.45) is 4.99 Å². The van der Waals surface area contributed by atoms with Gasteiger partial charge in [0.05, 0.1) is 0 Å². The lowest BCUT2D eigenvalue weighted by atomic mass is 10.1. The fraction of sp³-hybridized carbons (Fsp3) is 0.500. The smallest absolute Gasteiger partial charge is 0.163 e. The van der Waals surface area contributed by atoms with E-state index in [9.17, 15) is 4.79 Å². The summed E-state index contributed by atoms with van der Waals surface area (Å²) in [5, 5.41) is 0. The molecule has 0 aliphatic rings. The van der Waals surface area contributed by atoms with Crippen LogP contribution in [0.4, 0.5) is 0 Å². The maximum atomic E-state index is 11.8. The summed E-state index contributed by atoms with van der Waals surface area (Å²) in [5.74, 6) is 0.202. The van der Waals surface area contributed by atoms with Gasteiger partial charge in [0.1, 0.15) is 0 Å². The van der Waals surface area contributed by atoms with Crippen molar-refractivity contribution < 1.29 is 4.79 Å². The van der Waals surface area contributed by atoms with Gasteiger partial charge in [0.25, 0.3) is 0 Å². The average Bonchev–Trinajstić information content (AvgIpc) is 2.42. The van der Waals surface area contributed by atoms with Crippen LogP contribution in [0.25, 0.3) is 0 Å². The van der Waals surface area contributed by atoms with Crippen molar-refractivity contribution in [3.05, 3.63) is 35.9 Å². The van der Waals surface area contributed by atoms with Crippen LogP contribution in [-0.2, 0) is 0 Å². The molecule has 0 aliphatic carbocycles. The van der Waals surface area contributed by atoms with Gasteiger partial charge in [0, 0.05) is 18.5 Å². The van der Waals surface area contributed by atoms with Crippen LogP contribution in [0.5, 0.6) is 0 Å². The van der Waals surface area contributed by atoms with Crippen molar-refractivity contribution in [2.45, 2.75) is 45.4 Å². The Labute approximate surface area is 110 Å². The number of rotatable bonds is 9. The third-order valence-corrected chi connectivity index (χ3v) is 2.87. The van der Waals surface area contributed by atoms with Crippen molar-refractivity contribution >= 4 is 12.0 Å². The monoisotopic (exact) mass is 245 g/mol. The average molecular weight is 245 g/mol. The van der Waals surface area contributed by atoms with Crippen LogP contribution in [-0.4, -0.2) is 18.5 Å². The summed E-state index contributed by atoms with van der Waals surface area (Å²) in [6, 6.07) is 9.45. The van der Waals surface area contributed by atoms with Gasteiger partial charge in [-0.15, -0.1) is 0 Å². The number of Topliss-reactive ketones (excluding diaryl/α,β-unsaturated/α-hetero) is 1. The first-order valence-corrected chi connectivity index (χ1v) is 6.91. The molecule has 0 unspecified atom stereocenters. The van der Waals surface area contributed by atoms with Crippen LogP contribution < -0.4 is 0 Å². The van der Waals surface area contributed by atoms with Gasteiger partial charge in [-0.1, -0.05) is 56.5 Å². The number of unbranched alkanes of at least 4 members (excludes halogenated alkanes) is 3. The third kappa shape index (κ3) is 6.33. The van der Waals surface area contributed by atoms with Crippen LogP contribution in [0, 0.1) is 0 Å². The maximum absolute atomic E-state index is 11.8. The Bertz CT molecular complexity index is 357. The summed E-state index contributed by atoms with van der Waals surface area (Å²) in [6.07, 6.45) is 8.18. The van der Waals surface area contributed by atoms with E-state index in [2.05, 4.69) is 11.9 Å². The molecule has 0 bridgehead atoms. The second-order valence-corrected chi connectivity index (χ2v) is 4.48.